The summed E-state index contributed by atoms with van der Waals surface area (Å²) in [6, 6.07) is 13.5. The number of nitrogens with zero attached hydrogens (tertiary/aromatic N) is 1. The third-order valence-corrected chi connectivity index (χ3v) is 6.29. The van der Waals surface area contributed by atoms with E-state index in [9.17, 15) is 23.1 Å². The molecule has 3 nitrogen and oxygen atoms in total. The highest BCUT2D eigenvalue weighted by Crippen LogP contribution is 2.42. The van der Waals surface area contributed by atoms with Gasteiger partial charge in [0.05, 0.1) is 11.5 Å². The molecule has 0 bridgehead atoms. The second-order valence-electron chi connectivity index (χ2n) is 8.69. The van der Waals surface area contributed by atoms with E-state index < -0.39 is 29.2 Å². The summed E-state index contributed by atoms with van der Waals surface area (Å²) in [4.78, 5) is 13.9. The number of likely N-dealkylation sites (tertiary alicyclic amines) is 1. The van der Waals surface area contributed by atoms with Gasteiger partial charge in [-0.3, -0.25) is 9.69 Å². The topological polar surface area (TPSA) is 40.5 Å². The van der Waals surface area contributed by atoms with E-state index in [0.717, 1.165) is 17.7 Å². The molecule has 1 N–H and O–H groups in total. The first-order valence-corrected chi connectivity index (χ1v) is 10.2. The summed E-state index contributed by atoms with van der Waals surface area (Å²) in [5, 5.41) is 9.56. The Morgan fingerprint density at radius 3 is 2.23 bits per heavy atom. The lowest BCUT2D eigenvalue weighted by atomic mass is 9.76. The minimum Gasteiger partial charge on any atom is -0.481 e. The van der Waals surface area contributed by atoms with Crippen molar-refractivity contribution in [1.82, 2.24) is 4.90 Å². The third kappa shape index (κ3) is 4.69. The maximum absolute atomic E-state index is 13.0. The van der Waals surface area contributed by atoms with E-state index in [4.69, 9.17) is 0 Å². The van der Waals surface area contributed by atoms with Gasteiger partial charge in [-0.15, -0.1) is 0 Å². The number of benzene rings is 2. The number of carboxylic acids is 1. The Hall–Kier alpha value is -2.34. The molecule has 2 unspecified atom stereocenters. The molecule has 0 aliphatic carbocycles. The zero-order valence-electron chi connectivity index (χ0n) is 17.5. The maximum atomic E-state index is 13.0. The molecule has 0 spiro atoms. The maximum Gasteiger partial charge on any atom is 0.416 e. The van der Waals surface area contributed by atoms with Crippen molar-refractivity contribution in [2.45, 2.75) is 57.8 Å². The van der Waals surface area contributed by atoms with Gasteiger partial charge in [-0.25, -0.2) is 0 Å². The zero-order valence-corrected chi connectivity index (χ0v) is 17.5. The molecular weight excluding hydrogens is 391 g/mol. The van der Waals surface area contributed by atoms with E-state index in [-0.39, 0.29) is 0 Å². The van der Waals surface area contributed by atoms with Gasteiger partial charge in [-0.1, -0.05) is 50.2 Å². The molecule has 0 aromatic heterocycles. The minimum atomic E-state index is -4.40. The van der Waals surface area contributed by atoms with E-state index in [2.05, 4.69) is 43.0 Å². The summed E-state index contributed by atoms with van der Waals surface area (Å²) in [7, 11) is 0. The first kappa shape index (κ1) is 22.3. The monoisotopic (exact) mass is 419 g/mol. The van der Waals surface area contributed by atoms with Gasteiger partial charge in [-0.2, -0.15) is 13.2 Å². The van der Waals surface area contributed by atoms with Gasteiger partial charge in [0, 0.05) is 18.6 Å². The van der Waals surface area contributed by atoms with Crippen molar-refractivity contribution >= 4 is 5.97 Å². The predicted octanol–water partition coefficient (Wildman–Crippen LogP) is 6.04. The SMILES string of the molecule is CC(C)c1ccc(CN2CCC(C(=O)O)CC2(C)c2ccc(C(F)(F)F)cc2)cc1. The first-order valence-electron chi connectivity index (χ1n) is 10.2. The first-order chi connectivity index (χ1) is 14.0. The number of hydrogen-bond donors (Lipinski definition) is 1. The fraction of sp³-hybridized carbons (Fsp3) is 0.458. The summed E-state index contributed by atoms with van der Waals surface area (Å²) in [6.07, 6.45) is -3.51. The van der Waals surface area contributed by atoms with Gasteiger partial charge in [0.15, 0.2) is 0 Å². The van der Waals surface area contributed by atoms with Gasteiger partial charge in [0.1, 0.15) is 0 Å². The van der Waals surface area contributed by atoms with E-state index in [1.165, 1.54) is 17.7 Å². The fourth-order valence-electron chi connectivity index (χ4n) is 4.28. The van der Waals surface area contributed by atoms with Gasteiger partial charge in [0.25, 0.3) is 0 Å². The van der Waals surface area contributed by atoms with Crippen molar-refractivity contribution in [3.05, 3.63) is 70.8 Å². The van der Waals surface area contributed by atoms with Crippen LogP contribution in [0.5, 0.6) is 0 Å². The lowest BCUT2D eigenvalue weighted by Gasteiger charge is -2.47. The molecule has 1 aliphatic rings. The summed E-state index contributed by atoms with van der Waals surface area (Å²) in [5.41, 5.74) is 1.69. The molecule has 1 heterocycles. The lowest BCUT2D eigenvalue weighted by molar-refractivity contribution is -0.146. The minimum absolute atomic E-state index is 0.359. The normalized spacial score (nSPS) is 23.0. The quantitative estimate of drug-likeness (QED) is 0.642. The van der Waals surface area contributed by atoms with Crippen LogP contribution in [0.25, 0.3) is 0 Å². The second kappa shape index (κ2) is 8.42. The average molecular weight is 419 g/mol. The van der Waals surface area contributed by atoms with Gasteiger partial charge >= 0.3 is 12.1 Å². The molecular formula is C24H28F3NO2. The summed E-state index contributed by atoms with van der Waals surface area (Å²) in [6.45, 7) is 7.39. The van der Waals surface area contributed by atoms with Gasteiger partial charge < -0.3 is 5.11 Å². The molecule has 3 rings (SSSR count). The Balaban J connectivity index is 1.91. The standard InChI is InChI=1S/C24H28F3NO2/c1-16(2)18-6-4-17(5-7-18)15-28-13-12-19(22(29)30)14-23(28,3)20-8-10-21(11-9-20)24(25,26)27/h4-11,16,19H,12-15H2,1-3H3,(H,29,30). The van der Waals surface area contributed by atoms with Crippen molar-refractivity contribution in [3.63, 3.8) is 0 Å². The van der Waals surface area contributed by atoms with Crippen molar-refractivity contribution in [2.24, 2.45) is 5.92 Å². The lowest BCUT2D eigenvalue weighted by Crippen LogP contribution is -2.50. The van der Waals surface area contributed by atoms with Crippen LogP contribution in [0.15, 0.2) is 48.5 Å². The Morgan fingerprint density at radius 1 is 1.13 bits per heavy atom. The van der Waals surface area contributed by atoms with Crippen LogP contribution < -0.4 is 0 Å². The number of rotatable bonds is 5. The Bertz CT molecular complexity index is 875. The number of alkyl halides is 3. The van der Waals surface area contributed by atoms with Gasteiger partial charge in [0.2, 0.25) is 0 Å². The highest BCUT2D eigenvalue weighted by atomic mass is 19.4. The molecule has 2 aromatic carbocycles. The van der Waals surface area contributed by atoms with Crippen LogP contribution >= 0.6 is 0 Å². The zero-order chi connectivity index (χ0) is 22.1. The number of aliphatic carboxylic acids is 1. The van der Waals surface area contributed by atoms with Crippen LogP contribution in [0.1, 0.15) is 61.8 Å². The molecule has 0 radical (unpaired) electrons. The molecule has 30 heavy (non-hydrogen) atoms. The van der Waals surface area contributed by atoms with Crippen LogP contribution in [0.2, 0.25) is 0 Å². The third-order valence-electron chi connectivity index (χ3n) is 6.29. The average Bonchev–Trinajstić information content (AvgIpc) is 2.69. The molecule has 1 saturated heterocycles. The fourth-order valence-corrected chi connectivity index (χ4v) is 4.28. The van der Waals surface area contributed by atoms with E-state index in [0.29, 0.717) is 37.4 Å². The van der Waals surface area contributed by atoms with Crippen molar-refractivity contribution in [3.8, 4) is 0 Å². The Kier molecular flexibility index (Phi) is 6.27. The van der Waals surface area contributed by atoms with E-state index in [1.54, 1.807) is 0 Å². The van der Waals surface area contributed by atoms with Crippen molar-refractivity contribution in [1.29, 1.82) is 0 Å². The largest absolute Gasteiger partial charge is 0.481 e. The summed E-state index contributed by atoms with van der Waals surface area (Å²) < 4.78 is 39.0. The molecule has 1 aliphatic heterocycles. The number of carboxylic acid groups (broad SMARTS) is 1. The van der Waals surface area contributed by atoms with Crippen LogP contribution in [-0.2, 0) is 23.1 Å². The van der Waals surface area contributed by atoms with Crippen LogP contribution in [-0.4, -0.2) is 22.5 Å². The molecule has 1 fully saturated rings. The highest BCUT2D eigenvalue weighted by Gasteiger charge is 2.42. The molecule has 2 atom stereocenters. The number of hydrogen-bond acceptors (Lipinski definition) is 2. The summed E-state index contributed by atoms with van der Waals surface area (Å²) >= 11 is 0. The van der Waals surface area contributed by atoms with Crippen LogP contribution in [0.3, 0.4) is 0 Å². The number of carbonyl (C=O) groups is 1. The van der Waals surface area contributed by atoms with Crippen molar-refractivity contribution < 1.29 is 23.1 Å². The smallest absolute Gasteiger partial charge is 0.416 e. The van der Waals surface area contributed by atoms with Crippen molar-refractivity contribution in [2.75, 3.05) is 6.54 Å². The van der Waals surface area contributed by atoms with E-state index >= 15 is 0 Å². The highest BCUT2D eigenvalue weighted by molar-refractivity contribution is 5.70. The predicted molar refractivity (Wildman–Crippen MR) is 110 cm³/mol. The Labute approximate surface area is 175 Å². The number of halogens is 3. The van der Waals surface area contributed by atoms with Crippen LogP contribution in [0.4, 0.5) is 13.2 Å². The van der Waals surface area contributed by atoms with Gasteiger partial charge in [-0.05, 0) is 54.5 Å². The molecule has 0 saturated carbocycles. The Morgan fingerprint density at radius 2 is 1.73 bits per heavy atom. The molecule has 162 valence electrons. The molecule has 2 aromatic rings. The van der Waals surface area contributed by atoms with Crippen LogP contribution in [0, 0.1) is 5.92 Å². The molecule has 6 heteroatoms. The number of piperidine rings is 1. The second-order valence-corrected chi connectivity index (χ2v) is 8.69. The molecule has 0 amide bonds. The van der Waals surface area contributed by atoms with E-state index in [1.807, 2.05) is 6.92 Å². The summed E-state index contributed by atoms with van der Waals surface area (Å²) in [5.74, 6) is -0.936.